The van der Waals surface area contributed by atoms with Crippen molar-refractivity contribution in [2.75, 3.05) is 11.9 Å². The third kappa shape index (κ3) is 4.81. The minimum Gasteiger partial charge on any atom is -0.462 e. The summed E-state index contributed by atoms with van der Waals surface area (Å²) in [6, 6.07) is 17.5. The molecule has 4 rings (SSSR count). The average molecular weight is 448 g/mol. The monoisotopic (exact) mass is 447 g/mol. The van der Waals surface area contributed by atoms with Gasteiger partial charge in [-0.05, 0) is 49.4 Å². The Balaban J connectivity index is 1.72. The van der Waals surface area contributed by atoms with E-state index in [0.717, 1.165) is 11.1 Å². The number of anilines is 2. The molecule has 2 heterocycles. The predicted molar refractivity (Wildman–Crippen MR) is 122 cm³/mol. The first-order chi connectivity index (χ1) is 15.5. The Morgan fingerprint density at radius 1 is 1.09 bits per heavy atom. The normalized spacial score (nSPS) is 10.6. The van der Waals surface area contributed by atoms with E-state index in [2.05, 4.69) is 25.5 Å². The van der Waals surface area contributed by atoms with E-state index in [4.69, 9.17) is 16.3 Å². The third-order valence-corrected chi connectivity index (χ3v) is 4.74. The number of benzene rings is 2. The fraction of sp³-hybridized carbons (Fsp3) is 0.0870. The number of hydrogen-bond acceptors (Lipinski definition) is 7. The molecule has 0 radical (unpaired) electrons. The lowest BCUT2D eigenvalue weighted by Crippen LogP contribution is -2.11. The van der Waals surface area contributed by atoms with Crippen LogP contribution in [0.1, 0.15) is 17.3 Å². The lowest BCUT2D eigenvalue weighted by atomic mass is 10.1. The van der Waals surface area contributed by atoms with Crippen molar-refractivity contribution in [3.63, 3.8) is 0 Å². The summed E-state index contributed by atoms with van der Waals surface area (Å²) < 4.78 is 5.15. The largest absolute Gasteiger partial charge is 0.462 e. The number of halogens is 1. The number of nitrogens with one attached hydrogen (secondary N) is 2. The van der Waals surface area contributed by atoms with Crippen LogP contribution in [0.5, 0.6) is 0 Å². The molecule has 0 aliphatic carbocycles. The molecule has 0 saturated carbocycles. The summed E-state index contributed by atoms with van der Waals surface area (Å²) in [5.41, 5.74) is 2.72. The number of H-pyrrole nitrogens is 1. The number of aromatic nitrogens is 4. The molecule has 0 bridgehead atoms. The zero-order chi connectivity index (χ0) is 22.5. The second-order valence-electron chi connectivity index (χ2n) is 6.70. The molecule has 0 aliphatic rings. The fourth-order valence-corrected chi connectivity index (χ4v) is 3.10. The maximum Gasteiger partial charge on any atom is 0.343 e. The van der Waals surface area contributed by atoms with Gasteiger partial charge in [0.25, 0.3) is 5.56 Å². The number of ether oxygens (including phenoxy) is 1. The van der Waals surface area contributed by atoms with Crippen LogP contribution in [0.25, 0.3) is 22.6 Å². The number of carbonyl (C=O) groups excluding carboxylic acids is 1. The second kappa shape index (κ2) is 9.40. The molecule has 0 atom stereocenters. The Labute approximate surface area is 188 Å². The van der Waals surface area contributed by atoms with E-state index in [9.17, 15) is 9.59 Å². The molecule has 2 aromatic carbocycles. The van der Waals surface area contributed by atoms with Crippen LogP contribution in [0, 0.1) is 0 Å². The van der Waals surface area contributed by atoms with Crippen LogP contribution < -0.4 is 10.9 Å². The maximum atomic E-state index is 12.5. The Morgan fingerprint density at radius 3 is 2.62 bits per heavy atom. The van der Waals surface area contributed by atoms with Crippen LogP contribution in [0.2, 0.25) is 5.02 Å². The summed E-state index contributed by atoms with van der Waals surface area (Å²) in [6.07, 6.45) is 1.44. The molecule has 2 N–H and O–H groups in total. The van der Waals surface area contributed by atoms with Crippen molar-refractivity contribution in [3.8, 4) is 22.6 Å². The molecule has 0 aliphatic heterocycles. The summed E-state index contributed by atoms with van der Waals surface area (Å²) in [5.74, 6) is 0.196. The van der Waals surface area contributed by atoms with Gasteiger partial charge < -0.3 is 10.1 Å². The molecule has 0 saturated heterocycles. The zero-order valence-electron chi connectivity index (χ0n) is 17.0. The van der Waals surface area contributed by atoms with E-state index in [0.29, 0.717) is 28.0 Å². The lowest BCUT2D eigenvalue weighted by molar-refractivity contribution is 0.0526. The van der Waals surface area contributed by atoms with Crippen LogP contribution in [-0.4, -0.2) is 32.7 Å². The van der Waals surface area contributed by atoms with Gasteiger partial charge in [-0.3, -0.25) is 4.79 Å². The van der Waals surface area contributed by atoms with E-state index in [-0.39, 0.29) is 17.7 Å². The third-order valence-electron chi connectivity index (χ3n) is 4.49. The maximum absolute atomic E-state index is 12.5. The van der Waals surface area contributed by atoms with E-state index < -0.39 is 5.97 Å². The summed E-state index contributed by atoms with van der Waals surface area (Å²) >= 11 is 5.97. The van der Waals surface area contributed by atoms with Gasteiger partial charge in [-0.15, -0.1) is 0 Å². The van der Waals surface area contributed by atoms with Crippen molar-refractivity contribution in [2.45, 2.75) is 6.92 Å². The highest BCUT2D eigenvalue weighted by Crippen LogP contribution is 2.26. The highest BCUT2D eigenvalue weighted by molar-refractivity contribution is 6.30. The van der Waals surface area contributed by atoms with Gasteiger partial charge in [-0.1, -0.05) is 23.7 Å². The molecule has 0 fully saturated rings. The first-order valence-corrected chi connectivity index (χ1v) is 10.1. The molecule has 9 heteroatoms. The van der Waals surface area contributed by atoms with Crippen molar-refractivity contribution >= 4 is 29.1 Å². The lowest BCUT2D eigenvalue weighted by Gasteiger charge is -2.13. The van der Waals surface area contributed by atoms with E-state index in [1.54, 1.807) is 37.3 Å². The Morgan fingerprint density at radius 2 is 1.91 bits per heavy atom. The molecule has 8 nitrogen and oxygen atoms in total. The van der Waals surface area contributed by atoms with E-state index >= 15 is 0 Å². The molecular formula is C23H18ClN5O3. The highest BCUT2D eigenvalue weighted by atomic mass is 35.5. The standard InChI is InChI=1S/C23H18ClN5O3/c1-2-32-23(31)18-13-25-21(14-6-8-16(24)9-7-14)27-22(18)26-17-5-3-4-15(12-17)19-10-11-20(30)29-28-19/h3-13H,2H2,1H3,(H,29,30)(H,25,26,27). The first-order valence-electron chi connectivity index (χ1n) is 9.77. The molecule has 0 spiro atoms. The molecule has 0 amide bonds. The number of esters is 1. The van der Waals surface area contributed by atoms with E-state index in [1.165, 1.54) is 12.3 Å². The number of aromatic amines is 1. The topological polar surface area (TPSA) is 110 Å². The van der Waals surface area contributed by atoms with E-state index in [1.807, 2.05) is 24.3 Å². The molecule has 0 unspecified atom stereocenters. The van der Waals surface area contributed by atoms with Crippen LogP contribution in [-0.2, 0) is 4.74 Å². The van der Waals surface area contributed by atoms with Crippen molar-refractivity contribution in [1.29, 1.82) is 0 Å². The quantitative estimate of drug-likeness (QED) is 0.419. The fourth-order valence-electron chi connectivity index (χ4n) is 2.97. The summed E-state index contributed by atoms with van der Waals surface area (Å²) in [7, 11) is 0. The smallest absolute Gasteiger partial charge is 0.343 e. The van der Waals surface area contributed by atoms with Crippen LogP contribution in [0.15, 0.2) is 71.7 Å². The Bertz CT molecular complexity index is 1300. The van der Waals surface area contributed by atoms with Crippen molar-refractivity contribution in [2.24, 2.45) is 0 Å². The van der Waals surface area contributed by atoms with Gasteiger partial charge in [0.1, 0.15) is 11.4 Å². The van der Waals surface area contributed by atoms with Gasteiger partial charge in [0.05, 0.1) is 12.3 Å². The number of nitrogens with zero attached hydrogens (tertiary/aromatic N) is 3. The number of carbonyl (C=O) groups is 1. The number of hydrogen-bond donors (Lipinski definition) is 2. The van der Waals surface area contributed by atoms with Crippen LogP contribution in [0.4, 0.5) is 11.5 Å². The van der Waals surface area contributed by atoms with Gasteiger partial charge in [-0.25, -0.2) is 19.9 Å². The van der Waals surface area contributed by atoms with Gasteiger partial charge >= 0.3 is 5.97 Å². The van der Waals surface area contributed by atoms with Crippen molar-refractivity contribution in [3.05, 3.63) is 87.8 Å². The highest BCUT2D eigenvalue weighted by Gasteiger charge is 2.17. The predicted octanol–water partition coefficient (Wildman–Crippen LogP) is 4.47. The summed E-state index contributed by atoms with van der Waals surface area (Å²) in [4.78, 5) is 32.6. The second-order valence-corrected chi connectivity index (χ2v) is 7.13. The van der Waals surface area contributed by atoms with Crippen LogP contribution in [0.3, 0.4) is 0 Å². The Hall–Kier alpha value is -4.04. The Kier molecular flexibility index (Phi) is 6.23. The van der Waals surface area contributed by atoms with Gasteiger partial charge in [0.15, 0.2) is 5.82 Å². The number of rotatable bonds is 6. The summed E-state index contributed by atoms with van der Waals surface area (Å²) in [6.45, 7) is 1.96. The average Bonchev–Trinajstić information content (AvgIpc) is 2.80. The SMILES string of the molecule is CCOC(=O)c1cnc(-c2ccc(Cl)cc2)nc1Nc1cccc(-c2ccc(=O)[nH]n2)c1. The van der Waals surface area contributed by atoms with Gasteiger partial charge in [0.2, 0.25) is 0 Å². The zero-order valence-corrected chi connectivity index (χ0v) is 17.8. The molecule has 32 heavy (non-hydrogen) atoms. The molecule has 2 aromatic heterocycles. The minimum atomic E-state index is -0.531. The first kappa shape index (κ1) is 21.2. The van der Waals surface area contributed by atoms with Gasteiger partial charge in [-0.2, -0.15) is 5.10 Å². The van der Waals surface area contributed by atoms with Crippen LogP contribution >= 0.6 is 11.6 Å². The molecule has 4 aromatic rings. The molecule has 160 valence electrons. The summed E-state index contributed by atoms with van der Waals surface area (Å²) in [5, 5.41) is 10.2. The van der Waals surface area contributed by atoms with Crippen molar-refractivity contribution < 1.29 is 9.53 Å². The van der Waals surface area contributed by atoms with Crippen molar-refractivity contribution in [1.82, 2.24) is 20.2 Å². The minimum absolute atomic E-state index is 0.206. The molecular weight excluding hydrogens is 430 g/mol. The van der Waals surface area contributed by atoms with Gasteiger partial charge in [0, 0.05) is 34.1 Å².